The van der Waals surface area contributed by atoms with Crippen molar-refractivity contribution in [2.45, 2.75) is 31.4 Å². The number of H-pyrrole nitrogens is 1. The van der Waals surface area contributed by atoms with Crippen molar-refractivity contribution in [3.63, 3.8) is 0 Å². The molecule has 7 heteroatoms. The monoisotopic (exact) mass is 355 g/mol. The Morgan fingerprint density at radius 3 is 2.73 bits per heavy atom. The number of rotatable bonds is 5. The lowest BCUT2D eigenvalue weighted by atomic mass is 9.62. The smallest absolute Gasteiger partial charge is 0.267 e. The van der Waals surface area contributed by atoms with Gasteiger partial charge in [-0.25, -0.2) is 4.98 Å². The lowest BCUT2D eigenvalue weighted by Gasteiger charge is -2.55. The number of aromatic nitrogens is 3. The Labute approximate surface area is 153 Å². The van der Waals surface area contributed by atoms with Crippen molar-refractivity contribution in [1.29, 1.82) is 0 Å². The Morgan fingerprint density at radius 2 is 2.12 bits per heavy atom. The zero-order chi connectivity index (χ0) is 18.1. The molecule has 4 rings (SSSR count). The summed E-state index contributed by atoms with van der Waals surface area (Å²) in [5, 5.41) is 0. The summed E-state index contributed by atoms with van der Waals surface area (Å²) >= 11 is 0. The maximum absolute atomic E-state index is 11.6. The molecule has 2 aromatic rings. The number of ether oxygens (including phenoxy) is 1. The van der Waals surface area contributed by atoms with E-state index in [1.54, 1.807) is 19.5 Å². The van der Waals surface area contributed by atoms with E-state index in [4.69, 9.17) is 10.5 Å². The van der Waals surface area contributed by atoms with Gasteiger partial charge in [0.2, 0.25) is 0 Å². The average molecular weight is 355 g/mol. The third-order valence-electron chi connectivity index (χ3n) is 6.00. The number of carbonyl (C=O) groups is 1. The molecular weight excluding hydrogens is 330 g/mol. The third-order valence-corrected chi connectivity index (χ3v) is 6.00. The molecule has 7 nitrogen and oxygen atoms in total. The molecule has 1 aliphatic carbocycles. The predicted molar refractivity (Wildman–Crippen MR) is 96.1 cm³/mol. The number of imidazole rings is 1. The molecule has 138 valence electrons. The second-order valence-corrected chi connectivity index (χ2v) is 7.35. The first kappa shape index (κ1) is 17.2. The molecule has 2 aromatic heterocycles. The van der Waals surface area contributed by atoms with Gasteiger partial charge in [0.15, 0.2) is 0 Å². The zero-order valence-corrected chi connectivity index (χ0v) is 15.0. The summed E-state index contributed by atoms with van der Waals surface area (Å²) in [6.07, 6.45) is 8.74. The van der Waals surface area contributed by atoms with Gasteiger partial charge < -0.3 is 15.5 Å². The summed E-state index contributed by atoms with van der Waals surface area (Å²) in [4.78, 5) is 25.7. The molecule has 1 saturated carbocycles. The number of hydrogen-bond donors (Lipinski definition) is 2. The lowest BCUT2D eigenvalue weighted by molar-refractivity contribution is -0.170. The van der Waals surface area contributed by atoms with Gasteiger partial charge in [-0.2, -0.15) is 0 Å². The molecule has 0 aromatic carbocycles. The Kier molecular flexibility index (Phi) is 4.50. The first-order valence-corrected chi connectivity index (χ1v) is 9.15. The second kappa shape index (κ2) is 6.81. The van der Waals surface area contributed by atoms with Gasteiger partial charge in [0.25, 0.3) is 5.91 Å². The molecule has 26 heavy (non-hydrogen) atoms. The molecule has 2 aliphatic rings. The van der Waals surface area contributed by atoms with Crippen LogP contribution in [0.4, 0.5) is 0 Å². The highest BCUT2D eigenvalue weighted by Crippen LogP contribution is 2.51. The normalized spacial score (nSPS) is 28.8. The molecule has 1 aliphatic heterocycles. The van der Waals surface area contributed by atoms with Crippen molar-refractivity contribution in [3.05, 3.63) is 47.8 Å². The highest BCUT2D eigenvalue weighted by Gasteiger charge is 2.53. The van der Waals surface area contributed by atoms with E-state index in [2.05, 4.69) is 19.9 Å². The molecule has 2 unspecified atom stereocenters. The van der Waals surface area contributed by atoms with Crippen LogP contribution >= 0.6 is 0 Å². The number of aromatic amines is 1. The van der Waals surface area contributed by atoms with Crippen molar-refractivity contribution in [2.75, 3.05) is 20.2 Å². The van der Waals surface area contributed by atoms with E-state index in [9.17, 15) is 4.79 Å². The minimum atomic E-state index is -0.501. The van der Waals surface area contributed by atoms with Gasteiger partial charge in [-0.3, -0.25) is 14.7 Å². The van der Waals surface area contributed by atoms with Crippen LogP contribution in [0.1, 0.15) is 41.1 Å². The number of piperidine rings is 1. The number of amides is 1. The van der Waals surface area contributed by atoms with Crippen molar-refractivity contribution in [1.82, 2.24) is 19.9 Å². The van der Waals surface area contributed by atoms with Gasteiger partial charge >= 0.3 is 0 Å². The molecular formula is C19H25N5O2. The first-order valence-electron chi connectivity index (χ1n) is 9.15. The molecule has 2 fully saturated rings. The topological polar surface area (TPSA) is 97.1 Å². The number of fused-ring (bicyclic) bond motifs is 2. The summed E-state index contributed by atoms with van der Waals surface area (Å²) in [6, 6.07) is 3.79. The van der Waals surface area contributed by atoms with Crippen LogP contribution in [0.15, 0.2) is 30.7 Å². The fourth-order valence-electron chi connectivity index (χ4n) is 4.98. The van der Waals surface area contributed by atoms with E-state index in [0.29, 0.717) is 17.5 Å². The van der Waals surface area contributed by atoms with Crippen LogP contribution in [0, 0.1) is 11.8 Å². The molecule has 3 heterocycles. The van der Waals surface area contributed by atoms with Gasteiger partial charge in [-0.05, 0) is 30.5 Å². The van der Waals surface area contributed by atoms with Crippen molar-refractivity contribution in [3.8, 4) is 0 Å². The van der Waals surface area contributed by atoms with Gasteiger partial charge in [0.1, 0.15) is 17.1 Å². The number of hydrogen-bond acceptors (Lipinski definition) is 5. The van der Waals surface area contributed by atoms with Crippen molar-refractivity contribution >= 4 is 5.91 Å². The molecule has 1 saturated heterocycles. The summed E-state index contributed by atoms with van der Waals surface area (Å²) in [5.41, 5.74) is 6.39. The minimum Gasteiger partial charge on any atom is -0.373 e. The van der Waals surface area contributed by atoms with Crippen LogP contribution in [-0.2, 0) is 16.9 Å². The second-order valence-electron chi connectivity index (χ2n) is 7.35. The highest BCUT2D eigenvalue weighted by molar-refractivity contribution is 5.90. The van der Waals surface area contributed by atoms with Crippen LogP contribution in [0.2, 0.25) is 0 Å². The summed E-state index contributed by atoms with van der Waals surface area (Å²) in [7, 11) is 1.79. The van der Waals surface area contributed by atoms with Crippen LogP contribution < -0.4 is 5.73 Å². The van der Waals surface area contributed by atoms with Crippen LogP contribution in [-0.4, -0.2) is 46.0 Å². The van der Waals surface area contributed by atoms with Gasteiger partial charge in [-0.1, -0.05) is 6.42 Å². The average Bonchev–Trinajstić information content (AvgIpc) is 3.14. The van der Waals surface area contributed by atoms with Crippen molar-refractivity contribution in [2.24, 2.45) is 17.6 Å². The molecule has 2 atom stereocenters. The summed E-state index contributed by atoms with van der Waals surface area (Å²) in [6.45, 7) is 2.71. The molecule has 2 bridgehead atoms. The van der Waals surface area contributed by atoms with E-state index in [1.807, 2.05) is 18.3 Å². The fraction of sp³-hybridized carbons (Fsp3) is 0.526. The number of primary amides is 1. The van der Waals surface area contributed by atoms with E-state index >= 15 is 0 Å². The summed E-state index contributed by atoms with van der Waals surface area (Å²) in [5.74, 6) is 1.21. The molecule has 1 amide bonds. The van der Waals surface area contributed by atoms with E-state index < -0.39 is 5.91 Å². The Hall–Kier alpha value is -2.25. The highest BCUT2D eigenvalue weighted by atomic mass is 16.5. The number of methoxy groups -OCH3 is 1. The van der Waals surface area contributed by atoms with Crippen LogP contribution in [0.3, 0.4) is 0 Å². The van der Waals surface area contributed by atoms with Crippen molar-refractivity contribution < 1.29 is 9.53 Å². The van der Waals surface area contributed by atoms with E-state index in [-0.39, 0.29) is 5.60 Å². The fourth-order valence-corrected chi connectivity index (χ4v) is 4.98. The SMILES string of the molecule is COC1(c2ccnc(C(N)=O)c2)C2CCCC1CN(Cc1ncc[nH]1)C2. The van der Waals surface area contributed by atoms with E-state index in [1.165, 1.54) is 6.42 Å². The third kappa shape index (κ3) is 2.81. The summed E-state index contributed by atoms with van der Waals surface area (Å²) < 4.78 is 6.22. The molecule has 0 spiro atoms. The maximum Gasteiger partial charge on any atom is 0.267 e. The zero-order valence-electron chi connectivity index (χ0n) is 15.0. The Balaban J connectivity index is 1.66. The number of pyridine rings is 1. The van der Waals surface area contributed by atoms with Crippen LogP contribution in [0.5, 0.6) is 0 Å². The number of nitrogens with zero attached hydrogens (tertiary/aromatic N) is 3. The maximum atomic E-state index is 11.6. The van der Waals surface area contributed by atoms with Crippen LogP contribution in [0.25, 0.3) is 0 Å². The van der Waals surface area contributed by atoms with Gasteiger partial charge in [-0.15, -0.1) is 0 Å². The number of carbonyl (C=O) groups excluding carboxylic acids is 1. The lowest BCUT2D eigenvalue weighted by Crippen LogP contribution is -2.58. The Bertz CT molecular complexity index is 762. The largest absolute Gasteiger partial charge is 0.373 e. The predicted octanol–water partition coefficient (Wildman–Crippen LogP) is 1.68. The van der Waals surface area contributed by atoms with Gasteiger partial charge in [0.05, 0.1) is 6.54 Å². The quantitative estimate of drug-likeness (QED) is 0.850. The standard InChI is InChI=1S/C19H25N5O2/c1-26-19(13-5-6-21-16(9-13)18(20)25)14-3-2-4-15(19)11-24(10-14)12-17-22-7-8-23-17/h5-9,14-15H,2-4,10-12H2,1H3,(H2,20,25)(H,22,23). The number of likely N-dealkylation sites (tertiary alicyclic amines) is 1. The Morgan fingerprint density at radius 1 is 1.35 bits per heavy atom. The minimum absolute atomic E-state index is 0.301. The number of nitrogens with two attached hydrogens (primary N) is 1. The molecule has 0 radical (unpaired) electrons. The molecule has 3 N–H and O–H groups in total. The van der Waals surface area contributed by atoms with E-state index in [0.717, 1.165) is 43.9 Å². The van der Waals surface area contributed by atoms with Gasteiger partial charge in [0, 0.05) is 50.6 Å². The number of nitrogens with one attached hydrogen (secondary N) is 1. The first-order chi connectivity index (χ1) is 12.6.